The Morgan fingerprint density at radius 2 is 2.44 bits per heavy atom. The van der Waals surface area contributed by atoms with Crippen molar-refractivity contribution in [1.29, 1.82) is 0 Å². The quantitative estimate of drug-likeness (QED) is 0.502. The molecule has 0 atom stereocenters. The summed E-state index contributed by atoms with van der Waals surface area (Å²) in [7, 11) is 0. The van der Waals surface area contributed by atoms with Gasteiger partial charge in [-0.15, -0.1) is 0 Å². The first-order valence-electron chi connectivity index (χ1n) is 3.16. The van der Waals surface area contributed by atoms with Crippen molar-refractivity contribution in [1.82, 2.24) is 5.10 Å². The molecule has 1 heterocycles. The van der Waals surface area contributed by atoms with Crippen molar-refractivity contribution in [2.24, 2.45) is 0 Å². The van der Waals surface area contributed by atoms with Crippen LogP contribution >= 0.6 is 0 Å². The lowest BCUT2D eigenvalue weighted by Crippen LogP contribution is -2.39. The summed E-state index contributed by atoms with van der Waals surface area (Å²) in [6.45, 7) is 5.09. The van der Waals surface area contributed by atoms with Crippen LogP contribution in [-0.2, 0) is 6.54 Å². The van der Waals surface area contributed by atoms with E-state index in [-0.39, 0.29) is 0 Å². The number of aryl methyl sites for hydroxylation is 2. The first kappa shape index (κ1) is 6.20. The molecule has 0 radical (unpaired) electrons. The molecule has 1 rings (SSSR count). The lowest BCUT2D eigenvalue weighted by molar-refractivity contribution is -0.756. The van der Waals surface area contributed by atoms with E-state index in [1.807, 2.05) is 10.7 Å². The van der Waals surface area contributed by atoms with Gasteiger partial charge in [0.05, 0.1) is 6.20 Å². The zero-order valence-electron chi connectivity index (χ0n) is 5.83. The Morgan fingerprint density at radius 1 is 1.67 bits per heavy atom. The monoisotopic (exact) mass is 123 g/mol. The molecular weight excluding hydrogens is 112 g/mol. The van der Waals surface area contributed by atoms with Crippen molar-refractivity contribution < 1.29 is 4.68 Å². The maximum atomic E-state index is 4.11. The summed E-state index contributed by atoms with van der Waals surface area (Å²) in [4.78, 5) is 0. The summed E-state index contributed by atoms with van der Waals surface area (Å²) in [5.41, 5.74) is 1.21. The zero-order chi connectivity index (χ0) is 6.69. The van der Waals surface area contributed by atoms with Crippen LogP contribution in [0.15, 0.2) is 18.3 Å². The van der Waals surface area contributed by atoms with E-state index in [9.17, 15) is 0 Å². The molecular formula is C7H11N2+. The summed E-state index contributed by atoms with van der Waals surface area (Å²) < 4.78 is 1.96. The first-order chi connectivity index (χ1) is 4.34. The predicted octanol–water partition coefficient (Wildman–Crippen LogP) is 0.697. The van der Waals surface area contributed by atoms with Crippen molar-refractivity contribution in [2.75, 3.05) is 0 Å². The number of hydrogen-bond donors (Lipinski definition) is 0. The maximum Gasteiger partial charge on any atom is 0.205 e. The molecule has 0 unspecified atom stereocenters. The lowest BCUT2D eigenvalue weighted by Gasteiger charge is -1.89. The molecule has 1 aromatic rings. The van der Waals surface area contributed by atoms with Crippen molar-refractivity contribution >= 4 is 0 Å². The molecule has 0 aliphatic rings. The van der Waals surface area contributed by atoms with Crippen LogP contribution in [0.2, 0.25) is 0 Å². The Bertz CT molecular complexity index is 196. The third-order valence-corrected chi connectivity index (χ3v) is 1.34. The highest BCUT2D eigenvalue weighted by atomic mass is 15.3. The van der Waals surface area contributed by atoms with Gasteiger partial charge in [0.15, 0.2) is 6.54 Å². The summed E-state index contributed by atoms with van der Waals surface area (Å²) in [6.07, 6.45) is 1.80. The minimum Gasteiger partial charge on any atom is -0.0891 e. The Hall–Kier alpha value is -0.920. The number of aromatic nitrogens is 2. The van der Waals surface area contributed by atoms with E-state index in [4.69, 9.17) is 0 Å². The average Bonchev–Trinajstić information content (AvgIpc) is 1.89. The van der Waals surface area contributed by atoms with Gasteiger partial charge in [-0.05, 0) is 18.1 Å². The highest BCUT2D eigenvalue weighted by Crippen LogP contribution is 1.82. The van der Waals surface area contributed by atoms with E-state index in [0.717, 1.165) is 6.54 Å². The smallest absolute Gasteiger partial charge is 0.0891 e. The highest BCUT2D eigenvalue weighted by Gasteiger charge is 1.99. The molecule has 0 N–H and O–H groups in total. The van der Waals surface area contributed by atoms with Gasteiger partial charge in [-0.25, -0.2) is 0 Å². The summed E-state index contributed by atoms with van der Waals surface area (Å²) >= 11 is 0. The topological polar surface area (TPSA) is 16.8 Å². The second-order valence-electron chi connectivity index (χ2n) is 1.98. The molecule has 0 saturated heterocycles. The first-order valence-corrected chi connectivity index (χ1v) is 3.16. The summed E-state index contributed by atoms with van der Waals surface area (Å²) in [5.74, 6) is 0. The minimum absolute atomic E-state index is 0.951. The van der Waals surface area contributed by atoms with E-state index in [1.165, 1.54) is 5.69 Å². The Kier molecular flexibility index (Phi) is 1.78. The predicted molar refractivity (Wildman–Crippen MR) is 34.8 cm³/mol. The van der Waals surface area contributed by atoms with Crippen LogP contribution in [0.4, 0.5) is 0 Å². The Morgan fingerprint density at radius 3 is 2.89 bits per heavy atom. The van der Waals surface area contributed by atoms with Crippen LogP contribution in [0, 0.1) is 6.92 Å². The molecule has 0 fully saturated rings. The van der Waals surface area contributed by atoms with Crippen LogP contribution in [0.25, 0.3) is 0 Å². The zero-order valence-corrected chi connectivity index (χ0v) is 5.83. The second-order valence-corrected chi connectivity index (χ2v) is 1.98. The molecule has 9 heavy (non-hydrogen) atoms. The largest absolute Gasteiger partial charge is 0.205 e. The SMILES string of the molecule is CC[n+]1ncccc1C. The standard InChI is InChI=1S/C7H11N2/c1-3-9-7(2)5-4-6-8-9/h4-6H,3H2,1-2H3/q+1. The molecule has 0 aliphatic heterocycles. The summed E-state index contributed by atoms with van der Waals surface area (Å²) in [5, 5.41) is 4.11. The third kappa shape index (κ3) is 1.25. The average molecular weight is 123 g/mol. The van der Waals surface area contributed by atoms with Gasteiger partial charge in [0.1, 0.15) is 0 Å². The van der Waals surface area contributed by atoms with Gasteiger partial charge >= 0.3 is 0 Å². The second kappa shape index (κ2) is 2.58. The number of hydrogen-bond acceptors (Lipinski definition) is 1. The lowest BCUT2D eigenvalue weighted by atomic mass is 10.4. The molecule has 48 valence electrons. The van der Waals surface area contributed by atoms with Crippen LogP contribution in [0.3, 0.4) is 0 Å². The van der Waals surface area contributed by atoms with Gasteiger partial charge in [-0.1, -0.05) is 4.68 Å². The van der Waals surface area contributed by atoms with Crippen LogP contribution in [0.1, 0.15) is 12.6 Å². The Balaban J connectivity index is 3.01. The maximum absolute atomic E-state index is 4.11. The van der Waals surface area contributed by atoms with Gasteiger partial charge in [0.2, 0.25) is 5.69 Å². The molecule has 0 aromatic carbocycles. The molecule has 2 heteroatoms. The van der Waals surface area contributed by atoms with Crippen LogP contribution in [0.5, 0.6) is 0 Å². The molecule has 1 aromatic heterocycles. The van der Waals surface area contributed by atoms with Gasteiger partial charge in [-0.2, -0.15) is 0 Å². The molecule has 0 spiro atoms. The number of nitrogens with zero attached hydrogens (tertiary/aromatic N) is 2. The highest BCUT2D eigenvalue weighted by molar-refractivity contribution is 4.89. The van der Waals surface area contributed by atoms with Gasteiger partial charge in [0.25, 0.3) is 0 Å². The molecule has 2 nitrogen and oxygen atoms in total. The third-order valence-electron chi connectivity index (χ3n) is 1.34. The fourth-order valence-electron chi connectivity index (χ4n) is 0.809. The van der Waals surface area contributed by atoms with E-state index in [1.54, 1.807) is 6.20 Å². The normalized spacial score (nSPS) is 9.56. The molecule has 0 aliphatic carbocycles. The van der Waals surface area contributed by atoms with Gasteiger partial charge < -0.3 is 0 Å². The van der Waals surface area contributed by atoms with Crippen LogP contribution in [-0.4, -0.2) is 5.10 Å². The van der Waals surface area contributed by atoms with Gasteiger partial charge in [0, 0.05) is 13.0 Å². The van der Waals surface area contributed by atoms with Crippen LogP contribution < -0.4 is 4.68 Å². The van der Waals surface area contributed by atoms with Crippen molar-refractivity contribution in [3.63, 3.8) is 0 Å². The fraction of sp³-hybridized carbons (Fsp3) is 0.429. The van der Waals surface area contributed by atoms with Gasteiger partial charge in [-0.3, -0.25) is 0 Å². The van der Waals surface area contributed by atoms with E-state index >= 15 is 0 Å². The fourth-order valence-corrected chi connectivity index (χ4v) is 0.809. The van der Waals surface area contributed by atoms with E-state index in [2.05, 4.69) is 25.0 Å². The molecule has 0 bridgehead atoms. The van der Waals surface area contributed by atoms with E-state index in [0.29, 0.717) is 0 Å². The van der Waals surface area contributed by atoms with Crippen molar-refractivity contribution in [3.8, 4) is 0 Å². The van der Waals surface area contributed by atoms with E-state index < -0.39 is 0 Å². The van der Waals surface area contributed by atoms with Crippen molar-refractivity contribution in [3.05, 3.63) is 24.0 Å². The van der Waals surface area contributed by atoms with Crippen molar-refractivity contribution in [2.45, 2.75) is 20.4 Å². The Labute approximate surface area is 55.1 Å². The molecule has 0 amide bonds. The molecule has 0 saturated carbocycles. The summed E-state index contributed by atoms with van der Waals surface area (Å²) in [6, 6.07) is 4.00. The number of rotatable bonds is 1. The minimum atomic E-state index is 0.951.